The van der Waals surface area contributed by atoms with Gasteiger partial charge in [-0.25, -0.2) is 8.42 Å². The van der Waals surface area contributed by atoms with Crippen LogP contribution in [0.1, 0.15) is 64.1 Å². The van der Waals surface area contributed by atoms with Gasteiger partial charge in [-0.3, -0.25) is 4.79 Å². The van der Waals surface area contributed by atoms with Crippen LogP contribution in [0.5, 0.6) is 0 Å². The highest BCUT2D eigenvalue weighted by Crippen LogP contribution is 2.23. The summed E-state index contributed by atoms with van der Waals surface area (Å²) in [6, 6.07) is 0.0745. The van der Waals surface area contributed by atoms with E-state index in [2.05, 4.69) is 29.3 Å². The molecule has 1 fully saturated rings. The Balaban J connectivity index is 1.85. The van der Waals surface area contributed by atoms with E-state index in [9.17, 15) is 13.2 Å². The zero-order valence-corrected chi connectivity index (χ0v) is 15.3. The molecule has 8 heteroatoms. The maximum absolute atomic E-state index is 12.2. The summed E-state index contributed by atoms with van der Waals surface area (Å²) in [6.07, 6.45) is 6.82. The van der Waals surface area contributed by atoms with Gasteiger partial charge in [0.15, 0.2) is 15.7 Å². The van der Waals surface area contributed by atoms with Gasteiger partial charge in [0, 0.05) is 12.5 Å². The van der Waals surface area contributed by atoms with Crippen LogP contribution >= 0.6 is 0 Å². The van der Waals surface area contributed by atoms with Gasteiger partial charge in [0.1, 0.15) is 11.5 Å². The molecule has 1 aromatic heterocycles. The molecule has 1 saturated carbocycles. The quantitative estimate of drug-likeness (QED) is 0.763. The fourth-order valence-electron chi connectivity index (χ4n) is 3.00. The van der Waals surface area contributed by atoms with Crippen LogP contribution < -0.4 is 5.32 Å². The number of aryl methyl sites for hydroxylation is 1. The first-order chi connectivity index (χ1) is 11.4. The van der Waals surface area contributed by atoms with Gasteiger partial charge < -0.3 is 9.84 Å². The number of carbonyl (C=O) groups is 1. The van der Waals surface area contributed by atoms with Gasteiger partial charge in [0.05, 0.1) is 0 Å². The van der Waals surface area contributed by atoms with E-state index < -0.39 is 21.5 Å². The Morgan fingerprint density at radius 1 is 1.33 bits per heavy atom. The van der Waals surface area contributed by atoms with Crippen molar-refractivity contribution in [1.29, 1.82) is 0 Å². The van der Waals surface area contributed by atoms with Crippen molar-refractivity contribution in [3.05, 3.63) is 11.7 Å². The summed E-state index contributed by atoms with van der Waals surface area (Å²) < 4.78 is 29.3. The molecule has 2 atom stereocenters. The molecule has 0 radical (unpaired) electrons. The molecule has 2 rings (SSSR count). The molecule has 1 amide bonds. The van der Waals surface area contributed by atoms with E-state index in [1.165, 1.54) is 6.42 Å². The number of hydrogen-bond donors (Lipinski definition) is 1. The summed E-state index contributed by atoms with van der Waals surface area (Å²) in [5.74, 6) is -0.410. The zero-order valence-electron chi connectivity index (χ0n) is 14.5. The van der Waals surface area contributed by atoms with Crippen molar-refractivity contribution >= 4 is 15.7 Å². The summed E-state index contributed by atoms with van der Waals surface area (Å²) in [6.45, 7) is 4.14. The van der Waals surface area contributed by atoms with Crippen LogP contribution in [-0.4, -0.2) is 36.3 Å². The Hall–Kier alpha value is -1.44. The van der Waals surface area contributed by atoms with E-state index in [0.29, 0.717) is 18.2 Å². The molecular weight excluding hydrogens is 330 g/mol. The largest absolute Gasteiger partial charge is 0.352 e. The third-order valence-electron chi connectivity index (χ3n) is 4.42. The van der Waals surface area contributed by atoms with E-state index in [-0.39, 0.29) is 17.7 Å². The summed E-state index contributed by atoms with van der Waals surface area (Å²) in [7, 11) is -3.62. The number of unbranched alkanes of at least 4 members (excludes halogenated alkanes) is 1. The number of aromatic nitrogens is 2. The maximum atomic E-state index is 12.2. The predicted octanol–water partition coefficient (Wildman–Crippen LogP) is 2.02. The lowest BCUT2D eigenvalue weighted by Gasteiger charge is -2.29. The molecule has 0 spiro atoms. The molecule has 1 heterocycles. The third kappa shape index (κ3) is 5.89. The van der Waals surface area contributed by atoms with Crippen molar-refractivity contribution in [2.24, 2.45) is 5.92 Å². The molecule has 0 aromatic carbocycles. The van der Waals surface area contributed by atoms with Crippen molar-refractivity contribution in [2.45, 2.75) is 70.6 Å². The number of nitrogens with one attached hydrogen (secondary N) is 1. The molecule has 24 heavy (non-hydrogen) atoms. The number of rotatable bonds is 8. The molecule has 1 N–H and O–H groups in total. The van der Waals surface area contributed by atoms with Crippen LogP contribution in [0.25, 0.3) is 0 Å². The molecule has 136 valence electrons. The summed E-state index contributed by atoms with van der Waals surface area (Å²) in [4.78, 5) is 16.1. The summed E-state index contributed by atoms with van der Waals surface area (Å²) in [5.41, 5.74) is 0. The van der Waals surface area contributed by atoms with E-state index in [1.54, 1.807) is 0 Å². The number of amides is 1. The standard InChI is InChI=1S/C16H27N3O4S/c1-3-4-9-14-18-16(23-19-14)11-24(21,22)10-15(20)17-13-8-6-5-7-12(13)2/h12-13H,3-11H2,1-2H3,(H,17,20). The summed E-state index contributed by atoms with van der Waals surface area (Å²) in [5, 5.41) is 6.63. The highest BCUT2D eigenvalue weighted by atomic mass is 32.2. The second-order valence-corrected chi connectivity index (χ2v) is 8.74. The fraction of sp³-hybridized carbons (Fsp3) is 0.812. The van der Waals surface area contributed by atoms with Crippen LogP contribution in [0.2, 0.25) is 0 Å². The summed E-state index contributed by atoms with van der Waals surface area (Å²) >= 11 is 0. The van der Waals surface area contributed by atoms with Gasteiger partial charge in [-0.2, -0.15) is 4.98 Å². The minimum Gasteiger partial charge on any atom is -0.352 e. The normalized spacial score (nSPS) is 21.6. The smallest absolute Gasteiger partial charge is 0.241 e. The Morgan fingerprint density at radius 3 is 2.79 bits per heavy atom. The van der Waals surface area contributed by atoms with Crippen molar-refractivity contribution in [3.63, 3.8) is 0 Å². The molecule has 2 unspecified atom stereocenters. The van der Waals surface area contributed by atoms with Crippen LogP contribution in [0, 0.1) is 5.92 Å². The number of nitrogens with zero attached hydrogens (tertiary/aromatic N) is 2. The molecule has 0 bridgehead atoms. The monoisotopic (exact) mass is 357 g/mol. The van der Waals surface area contributed by atoms with E-state index in [1.807, 2.05) is 0 Å². The molecule has 7 nitrogen and oxygen atoms in total. The van der Waals surface area contributed by atoms with E-state index in [0.717, 1.165) is 32.1 Å². The SMILES string of the molecule is CCCCc1noc(CS(=O)(=O)CC(=O)NC2CCCCC2C)n1. The van der Waals surface area contributed by atoms with Crippen LogP contribution in [0.15, 0.2) is 4.52 Å². The van der Waals surface area contributed by atoms with Gasteiger partial charge >= 0.3 is 0 Å². The molecule has 1 aromatic rings. The first-order valence-corrected chi connectivity index (χ1v) is 10.5. The average molecular weight is 357 g/mol. The molecule has 0 saturated heterocycles. The Labute approximate surface area is 143 Å². The maximum Gasteiger partial charge on any atom is 0.241 e. The van der Waals surface area contributed by atoms with Crippen molar-refractivity contribution < 1.29 is 17.7 Å². The minimum atomic E-state index is -3.62. The lowest BCUT2D eigenvalue weighted by atomic mass is 9.86. The Morgan fingerprint density at radius 2 is 2.08 bits per heavy atom. The highest BCUT2D eigenvalue weighted by Gasteiger charge is 2.26. The van der Waals surface area contributed by atoms with Crippen LogP contribution in [0.3, 0.4) is 0 Å². The van der Waals surface area contributed by atoms with E-state index >= 15 is 0 Å². The average Bonchev–Trinajstić information content (AvgIpc) is 2.93. The van der Waals surface area contributed by atoms with Crippen LogP contribution in [0.4, 0.5) is 0 Å². The number of sulfone groups is 1. The molecule has 0 aliphatic heterocycles. The topological polar surface area (TPSA) is 102 Å². The molecule has 1 aliphatic carbocycles. The fourth-order valence-corrected chi connectivity index (χ4v) is 4.08. The van der Waals surface area contributed by atoms with Gasteiger partial charge in [-0.05, 0) is 25.2 Å². The Kier molecular flexibility index (Phi) is 6.77. The van der Waals surface area contributed by atoms with E-state index in [4.69, 9.17) is 4.52 Å². The Bertz CT molecular complexity index is 642. The van der Waals surface area contributed by atoms with Gasteiger partial charge in [0.2, 0.25) is 11.8 Å². The number of hydrogen-bond acceptors (Lipinski definition) is 6. The second kappa shape index (κ2) is 8.60. The lowest BCUT2D eigenvalue weighted by Crippen LogP contribution is -2.43. The third-order valence-corrected chi connectivity index (χ3v) is 5.81. The molecule has 1 aliphatic rings. The minimum absolute atomic E-state index is 0.0555. The zero-order chi connectivity index (χ0) is 17.6. The first kappa shape index (κ1) is 18.9. The second-order valence-electron chi connectivity index (χ2n) is 6.68. The predicted molar refractivity (Wildman–Crippen MR) is 90.0 cm³/mol. The van der Waals surface area contributed by atoms with Crippen molar-refractivity contribution in [1.82, 2.24) is 15.5 Å². The molecular formula is C16H27N3O4S. The van der Waals surface area contributed by atoms with Gasteiger partial charge in [-0.15, -0.1) is 0 Å². The highest BCUT2D eigenvalue weighted by molar-refractivity contribution is 7.91. The van der Waals surface area contributed by atoms with Crippen molar-refractivity contribution in [3.8, 4) is 0 Å². The van der Waals surface area contributed by atoms with Gasteiger partial charge in [-0.1, -0.05) is 38.3 Å². The van der Waals surface area contributed by atoms with Crippen LogP contribution in [-0.2, 0) is 26.8 Å². The first-order valence-electron chi connectivity index (χ1n) is 8.71. The van der Waals surface area contributed by atoms with Crippen molar-refractivity contribution in [2.75, 3.05) is 5.75 Å². The number of carbonyl (C=O) groups excluding carboxylic acids is 1. The lowest BCUT2D eigenvalue weighted by molar-refractivity contribution is -0.119. The van der Waals surface area contributed by atoms with Gasteiger partial charge in [0.25, 0.3) is 0 Å².